The lowest BCUT2D eigenvalue weighted by atomic mass is 10.2. The first-order valence-corrected chi connectivity index (χ1v) is 8.45. The standard InChI is InChI=1S/C16H11Cl3N2O4S/c1-25-12-3-2-8(17)6-9(12)14(22)21-16(26)20-13-10(18)4-7(15(23)24)5-11(13)19/h2-6H,1H3,(H,23,24)(H2,20,21,22,26). The Labute approximate surface area is 169 Å². The second-order valence-corrected chi connectivity index (χ2v) is 6.53. The lowest BCUT2D eigenvalue weighted by Crippen LogP contribution is -2.34. The summed E-state index contributed by atoms with van der Waals surface area (Å²) < 4.78 is 5.11. The Hall–Kier alpha value is -2.06. The van der Waals surface area contributed by atoms with Gasteiger partial charge in [-0.3, -0.25) is 10.1 Å². The minimum absolute atomic E-state index is 0.0341. The van der Waals surface area contributed by atoms with E-state index in [1.807, 2.05) is 0 Å². The molecule has 0 atom stereocenters. The molecule has 0 radical (unpaired) electrons. The van der Waals surface area contributed by atoms with E-state index < -0.39 is 11.9 Å². The summed E-state index contributed by atoms with van der Waals surface area (Å²) in [7, 11) is 1.42. The summed E-state index contributed by atoms with van der Waals surface area (Å²) in [5.41, 5.74) is 0.272. The average Bonchev–Trinajstić information content (AvgIpc) is 2.57. The van der Waals surface area contributed by atoms with Crippen molar-refractivity contribution in [1.82, 2.24) is 5.32 Å². The number of thiocarbonyl (C=S) groups is 1. The van der Waals surface area contributed by atoms with Crippen molar-refractivity contribution in [2.45, 2.75) is 0 Å². The van der Waals surface area contributed by atoms with E-state index in [0.29, 0.717) is 10.8 Å². The van der Waals surface area contributed by atoms with E-state index in [9.17, 15) is 9.59 Å². The largest absolute Gasteiger partial charge is 0.496 e. The van der Waals surface area contributed by atoms with Crippen molar-refractivity contribution in [1.29, 1.82) is 0 Å². The van der Waals surface area contributed by atoms with Gasteiger partial charge in [-0.05, 0) is 42.5 Å². The van der Waals surface area contributed by atoms with Crippen molar-refractivity contribution in [2.75, 3.05) is 12.4 Å². The van der Waals surface area contributed by atoms with Gasteiger partial charge in [-0.15, -0.1) is 0 Å². The third-order valence-corrected chi connectivity index (χ3v) is 4.20. The average molecular weight is 434 g/mol. The van der Waals surface area contributed by atoms with E-state index in [1.54, 1.807) is 12.1 Å². The lowest BCUT2D eigenvalue weighted by Gasteiger charge is -2.14. The molecule has 0 bridgehead atoms. The van der Waals surface area contributed by atoms with Gasteiger partial charge in [0.2, 0.25) is 0 Å². The van der Waals surface area contributed by atoms with Gasteiger partial charge >= 0.3 is 5.97 Å². The van der Waals surface area contributed by atoms with Crippen LogP contribution in [0.4, 0.5) is 5.69 Å². The number of carbonyl (C=O) groups is 2. The van der Waals surface area contributed by atoms with Crippen LogP contribution >= 0.6 is 47.0 Å². The van der Waals surface area contributed by atoms with Crippen LogP contribution in [-0.2, 0) is 0 Å². The highest BCUT2D eigenvalue weighted by Gasteiger charge is 2.17. The molecule has 0 saturated carbocycles. The molecule has 3 N–H and O–H groups in total. The zero-order valence-electron chi connectivity index (χ0n) is 13.1. The fourth-order valence-electron chi connectivity index (χ4n) is 1.99. The fourth-order valence-corrected chi connectivity index (χ4v) is 2.94. The zero-order chi connectivity index (χ0) is 19.4. The van der Waals surface area contributed by atoms with E-state index in [2.05, 4.69) is 10.6 Å². The molecule has 0 aliphatic carbocycles. The Bertz CT molecular complexity index is 882. The summed E-state index contributed by atoms with van der Waals surface area (Å²) in [5, 5.41) is 14.4. The van der Waals surface area contributed by atoms with Gasteiger partial charge in [-0.1, -0.05) is 34.8 Å². The first-order valence-electron chi connectivity index (χ1n) is 6.91. The van der Waals surface area contributed by atoms with Gasteiger partial charge in [0.1, 0.15) is 5.75 Å². The maximum Gasteiger partial charge on any atom is 0.335 e. The number of carboxylic acid groups (broad SMARTS) is 1. The summed E-state index contributed by atoms with van der Waals surface area (Å²) in [6, 6.07) is 6.98. The van der Waals surface area contributed by atoms with Gasteiger partial charge in [-0.25, -0.2) is 4.79 Å². The Morgan fingerprint density at radius 2 is 1.73 bits per heavy atom. The molecule has 2 aromatic rings. The summed E-state index contributed by atoms with van der Waals surface area (Å²) in [5.74, 6) is -1.42. The third-order valence-electron chi connectivity index (χ3n) is 3.16. The van der Waals surface area contributed by atoms with Gasteiger partial charge in [0.15, 0.2) is 5.11 Å². The predicted octanol–water partition coefficient (Wildman–Crippen LogP) is 4.48. The van der Waals surface area contributed by atoms with E-state index in [4.69, 9.17) is 56.9 Å². The molecule has 0 spiro atoms. The number of ether oxygens (including phenoxy) is 1. The summed E-state index contributed by atoms with van der Waals surface area (Å²) in [6.07, 6.45) is 0. The van der Waals surface area contributed by atoms with Gasteiger partial charge in [0, 0.05) is 5.02 Å². The second-order valence-electron chi connectivity index (χ2n) is 4.87. The number of aromatic carboxylic acids is 1. The number of nitrogens with one attached hydrogen (secondary N) is 2. The molecule has 0 unspecified atom stereocenters. The van der Waals surface area contributed by atoms with Crippen LogP contribution in [-0.4, -0.2) is 29.2 Å². The molecule has 0 aliphatic heterocycles. The SMILES string of the molecule is COc1ccc(Cl)cc1C(=O)NC(=S)Nc1c(Cl)cc(C(=O)O)cc1Cl. The summed E-state index contributed by atoms with van der Waals surface area (Å²) in [4.78, 5) is 23.4. The quantitative estimate of drug-likeness (QED) is 0.616. The van der Waals surface area contributed by atoms with E-state index in [0.717, 1.165) is 0 Å². The number of hydrogen-bond donors (Lipinski definition) is 3. The number of carbonyl (C=O) groups excluding carboxylic acids is 1. The van der Waals surface area contributed by atoms with E-state index in [1.165, 1.54) is 25.3 Å². The maximum absolute atomic E-state index is 12.4. The Morgan fingerprint density at radius 1 is 1.12 bits per heavy atom. The normalized spacial score (nSPS) is 10.2. The van der Waals surface area contributed by atoms with Crippen LogP contribution in [0.25, 0.3) is 0 Å². The van der Waals surface area contributed by atoms with Gasteiger partial charge in [0.25, 0.3) is 5.91 Å². The zero-order valence-corrected chi connectivity index (χ0v) is 16.2. The molecule has 2 aromatic carbocycles. The molecular formula is C16H11Cl3N2O4S. The summed E-state index contributed by atoms with van der Waals surface area (Å²) in [6.45, 7) is 0. The van der Waals surface area contributed by atoms with Crippen molar-refractivity contribution >= 4 is 69.7 Å². The van der Waals surface area contributed by atoms with Crippen molar-refractivity contribution in [3.8, 4) is 5.75 Å². The molecule has 0 heterocycles. The molecular weight excluding hydrogens is 423 g/mol. The first kappa shape index (κ1) is 20.3. The van der Waals surface area contributed by atoms with Crippen LogP contribution in [0.5, 0.6) is 5.75 Å². The van der Waals surface area contributed by atoms with Crippen LogP contribution in [0.3, 0.4) is 0 Å². The molecule has 2 rings (SSSR count). The number of rotatable bonds is 4. The minimum atomic E-state index is -1.18. The lowest BCUT2D eigenvalue weighted by molar-refractivity contribution is 0.0696. The number of benzene rings is 2. The number of hydrogen-bond acceptors (Lipinski definition) is 4. The molecule has 10 heteroatoms. The summed E-state index contributed by atoms with van der Waals surface area (Å²) >= 11 is 23.0. The first-order chi connectivity index (χ1) is 12.2. The van der Waals surface area contributed by atoms with Crippen molar-refractivity contribution < 1.29 is 19.4 Å². The fraction of sp³-hybridized carbons (Fsp3) is 0.0625. The number of amides is 1. The third kappa shape index (κ3) is 4.76. The molecule has 0 aliphatic rings. The topological polar surface area (TPSA) is 87.7 Å². The smallest absolute Gasteiger partial charge is 0.335 e. The van der Waals surface area contributed by atoms with Gasteiger partial charge in [-0.2, -0.15) is 0 Å². The van der Waals surface area contributed by atoms with Crippen molar-refractivity contribution in [3.05, 3.63) is 56.5 Å². The predicted molar refractivity (Wildman–Crippen MR) is 105 cm³/mol. The van der Waals surface area contributed by atoms with Gasteiger partial charge in [0.05, 0.1) is 34.0 Å². The van der Waals surface area contributed by atoms with Crippen LogP contribution in [0.2, 0.25) is 15.1 Å². The Kier molecular flexibility index (Phi) is 6.66. The van der Waals surface area contributed by atoms with Crippen LogP contribution in [0.15, 0.2) is 30.3 Å². The number of halogens is 3. The Balaban J connectivity index is 2.18. The minimum Gasteiger partial charge on any atom is -0.496 e. The van der Waals surface area contributed by atoms with Crippen molar-refractivity contribution in [2.24, 2.45) is 0 Å². The van der Waals surface area contributed by atoms with Crippen molar-refractivity contribution in [3.63, 3.8) is 0 Å². The monoisotopic (exact) mass is 432 g/mol. The number of carboxylic acids is 1. The molecule has 0 saturated heterocycles. The Morgan fingerprint density at radius 3 is 2.27 bits per heavy atom. The van der Waals surface area contributed by atoms with E-state index >= 15 is 0 Å². The van der Waals surface area contributed by atoms with Crippen LogP contribution in [0.1, 0.15) is 20.7 Å². The highest BCUT2D eigenvalue weighted by Crippen LogP contribution is 2.32. The number of anilines is 1. The maximum atomic E-state index is 12.4. The van der Waals surface area contributed by atoms with Crippen LogP contribution in [0, 0.1) is 0 Å². The highest BCUT2D eigenvalue weighted by atomic mass is 35.5. The molecule has 26 heavy (non-hydrogen) atoms. The molecule has 0 aromatic heterocycles. The highest BCUT2D eigenvalue weighted by molar-refractivity contribution is 7.80. The molecule has 1 amide bonds. The molecule has 136 valence electrons. The van der Waals surface area contributed by atoms with Crippen LogP contribution < -0.4 is 15.4 Å². The van der Waals surface area contributed by atoms with E-state index in [-0.39, 0.29) is 32.0 Å². The molecule has 6 nitrogen and oxygen atoms in total. The van der Waals surface area contributed by atoms with Gasteiger partial charge < -0.3 is 15.2 Å². The molecule has 0 fully saturated rings. The number of methoxy groups -OCH3 is 1. The second kappa shape index (κ2) is 8.55.